The van der Waals surface area contributed by atoms with Crippen LogP contribution in [0.3, 0.4) is 0 Å². The highest BCUT2D eigenvalue weighted by Gasteiger charge is 2.27. The van der Waals surface area contributed by atoms with E-state index in [-0.39, 0.29) is 17.8 Å². The average molecular weight is 267 g/mol. The number of carbonyl (C=O) groups is 1. The molecule has 1 amide bonds. The van der Waals surface area contributed by atoms with E-state index in [1.165, 1.54) is 6.07 Å². The van der Waals surface area contributed by atoms with Gasteiger partial charge in [-0.15, -0.1) is 0 Å². The van der Waals surface area contributed by atoms with Gasteiger partial charge in [0.05, 0.1) is 6.04 Å². The van der Waals surface area contributed by atoms with Gasteiger partial charge in [0.25, 0.3) is 0 Å². The van der Waals surface area contributed by atoms with Crippen LogP contribution in [0.4, 0.5) is 4.39 Å². The van der Waals surface area contributed by atoms with Gasteiger partial charge in [-0.1, -0.05) is 6.07 Å². The quantitative estimate of drug-likeness (QED) is 0.839. The number of thioether (sulfide) groups is 1. The first-order valence-corrected chi connectivity index (χ1v) is 7.59. The fourth-order valence-corrected chi connectivity index (χ4v) is 2.84. The number of halogens is 1. The molecular formula is C14H18FNOS. The minimum atomic E-state index is -0.223. The molecule has 2 rings (SSSR count). The molecular weight excluding hydrogens is 249 g/mol. The van der Waals surface area contributed by atoms with Crippen molar-refractivity contribution >= 4 is 17.7 Å². The van der Waals surface area contributed by atoms with Crippen LogP contribution in [-0.4, -0.2) is 29.4 Å². The van der Waals surface area contributed by atoms with Gasteiger partial charge in [0, 0.05) is 18.7 Å². The van der Waals surface area contributed by atoms with Crippen LogP contribution in [0, 0.1) is 5.82 Å². The molecule has 18 heavy (non-hydrogen) atoms. The molecule has 0 spiro atoms. The Hall–Kier alpha value is -1.03. The summed E-state index contributed by atoms with van der Waals surface area (Å²) < 4.78 is 13.3. The van der Waals surface area contributed by atoms with E-state index in [0.29, 0.717) is 6.42 Å². The van der Waals surface area contributed by atoms with Crippen molar-refractivity contribution in [2.75, 3.05) is 18.6 Å². The monoisotopic (exact) mass is 267 g/mol. The summed E-state index contributed by atoms with van der Waals surface area (Å²) in [4.78, 5) is 14.0. The van der Waals surface area contributed by atoms with Crippen molar-refractivity contribution < 1.29 is 9.18 Å². The minimum absolute atomic E-state index is 0.0150. The number of hydrogen-bond acceptors (Lipinski definition) is 2. The summed E-state index contributed by atoms with van der Waals surface area (Å²) >= 11 is 1.68. The molecule has 0 saturated carbocycles. The number of benzene rings is 1. The van der Waals surface area contributed by atoms with Gasteiger partial charge >= 0.3 is 0 Å². The smallest absolute Gasteiger partial charge is 0.223 e. The summed E-state index contributed by atoms with van der Waals surface area (Å²) in [5.41, 5.74) is 2.12. The molecule has 1 atom stereocenters. The maximum atomic E-state index is 13.3. The Morgan fingerprint density at radius 2 is 2.33 bits per heavy atom. The molecule has 0 radical (unpaired) electrons. The molecule has 2 nitrogen and oxygen atoms in total. The van der Waals surface area contributed by atoms with Crippen molar-refractivity contribution in [2.24, 2.45) is 0 Å². The molecule has 1 aliphatic heterocycles. The highest BCUT2D eigenvalue weighted by molar-refractivity contribution is 7.98. The Labute approximate surface area is 112 Å². The Balaban J connectivity index is 2.16. The maximum Gasteiger partial charge on any atom is 0.223 e. The zero-order chi connectivity index (χ0) is 13.1. The fourth-order valence-electron chi connectivity index (χ4n) is 2.46. The van der Waals surface area contributed by atoms with E-state index in [0.717, 1.165) is 29.8 Å². The van der Waals surface area contributed by atoms with Crippen LogP contribution in [-0.2, 0) is 11.2 Å². The van der Waals surface area contributed by atoms with Crippen molar-refractivity contribution in [3.05, 3.63) is 35.1 Å². The Morgan fingerprint density at radius 1 is 1.56 bits per heavy atom. The first-order chi connectivity index (χ1) is 8.63. The van der Waals surface area contributed by atoms with Crippen molar-refractivity contribution in [3.63, 3.8) is 0 Å². The highest BCUT2D eigenvalue weighted by Crippen LogP contribution is 2.30. The molecule has 4 heteroatoms. The highest BCUT2D eigenvalue weighted by atomic mass is 32.2. The number of amides is 1. The van der Waals surface area contributed by atoms with Gasteiger partial charge < -0.3 is 4.90 Å². The number of hydrogen-bond donors (Lipinski definition) is 0. The van der Waals surface area contributed by atoms with E-state index >= 15 is 0 Å². The molecule has 0 aliphatic carbocycles. The van der Waals surface area contributed by atoms with Crippen LogP contribution in [0.15, 0.2) is 18.2 Å². The summed E-state index contributed by atoms with van der Waals surface area (Å²) in [7, 11) is 0. The normalized spacial score (nSPS) is 18.6. The van der Waals surface area contributed by atoms with Crippen molar-refractivity contribution in [3.8, 4) is 0 Å². The third-order valence-corrected chi connectivity index (χ3v) is 4.10. The lowest BCUT2D eigenvalue weighted by atomic mass is 9.93. The van der Waals surface area contributed by atoms with E-state index in [4.69, 9.17) is 0 Å². The lowest BCUT2D eigenvalue weighted by molar-refractivity contribution is -0.133. The zero-order valence-electron chi connectivity index (χ0n) is 10.8. The van der Waals surface area contributed by atoms with Gasteiger partial charge in [-0.2, -0.15) is 11.8 Å². The van der Waals surface area contributed by atoms with E-state index in [2.05, 4.69) is 0 Å². The lowest BCUT2D eigenvalue weighted by Crippen LogP contribution is -2.39. The molecule has 1 aliphatic rings. The SMILES string of the molecule is CSCCC(=O)N1CCc2ccc(F)cc2C1C. The van der Waals surface area contributed by atoms with E-state index in [1.807, 2.05) is 24.1 Å². The second-order valence-corrected chi connectivity index (χ2v) is 5.58. The Kier molecular flexibility index (Phi) is 4.27. The molecule has 0 bridgehead atoms. The molecule has 0 N–H and O–H groups in total. The number of rotatable bonds is 3. The van der Waals surface area contributed by atoms with Gasteiger partial charge in [-0.25, -0.2) is 4.39 Å². The van der Waals surface area contributed by atoms with Crippen molar-refractivity contribution in [2.45, 2.75) is 25.8 Å². The Morgan fingerprint density at radius 3 is 3.06 bits per heavy atom. The second kappa shape index (κ2) is 5.74. The van der Waals surface area contributed by atoms with Crippen LogP contribution in [0.25, 0.3) is 0 Å². The van der Waals surface area contributed by atoms with E-state index in [9.17, 15) is 9.18 Å². The standard InChI is InChI=1S/C14H18FNOS/c1-10-13-9-12(15)4-3-11(13)5-7-16(10)14(17)6-8-18-2/h3-4,9-10H,5-8H2,1-2H3. The number of nitrogens with zero attached hydrogens (tertiary/aromatic N) is 1. The molecule has 0 saturated heterocycles. The Bertz CT molecular complexity index is 449. The van der Waals surface area contributed by atoms with Gasteiger partial charge in [-0.05, 0) is 42.9 Å². The predicted octanol–water partition coefficient (Wildman–Crippen LogP) is 3.02. The summed E-state index contributed by atoms with van der Waals surface area (Å²) in [6.45, 7) is 2.72. The molecule has 0 fully saturated rings. The number of carbonyl (C=O) groups excluding carboxylic acids is 1. The van der Waals surface area contributed by atoms with Gasteiger partial charge in [-0.3, -0.25) is 4.79 Å². The molecule has 1 aromatic carbocycles. The molecule has 98 valence electrons. The lowest BCUT2D eigenvalue weighted by Gasteiger charge is -2.35. The van der Waals surface area contributed by atoms with Crippen LogP contribution in [0.5, 0.6) is 0 Å². The summed E-state index contributed by atoms with van der Waals surface area (Å²) in [5.74, 6) is 0.795. The zero-order valence-corrected chi connectivity index (χ0v) is 11.6. The average Bonchev–Trinajstić information content (AvgIpc) is 2.37. The van der Waals surface area contributed by atoms with Crippen molar-refractivity contribution in [1.82, 2.24) is 4.90 Å². The fraction of sp³-hybridized carbons (Fsp3) is 0.500. The molecule has 1 heterocycles. The third-order valence-electron chi connectivity index (χ3n) is 3.49. The summed E-state index contributed by atoms with van der Waals surface area (Å²) in [5, 5.41) is 0. The first kappa shape index (κ1) is 13.4. The summed E-state index contributed by atoms with van der Waals surface area (Å²) in [6, 6.07) is 4.88. The first-order valence-electron chi connectivity index (χ1n) is 6.20. The van der Waals surface area contributed by atoms with E-state index < -0.39 is 0 Å². The largest absolute Gasteiger partial charge is 0.336 e. The molecule has 1 unspecified atom stereocenters. The van der Waals surface area contributed by atoms with E-state index in [1.54, 1.807) is 17.8 Å². The van der Waals surface area contributed by atoms with Gasteiger partial charge in [0.2, 0.25) is 5.91 Å². The third kappa shape index (κ3) is 2.69. The molecule has 1 aromatic rings. The topological polar surface area (TPSA) is 20.3 Å². The van der Waals surface area contributed by atoms with Crippen LogP contribution >= 0.6 is 11.8 Å². The van der Waals surface area contributed by atoms with Crippen LogP contribution in [0.1, 0.15) is 30.5 Å². The maximum absolute atomic E-state index is 13.3. The number of fused-ring (bicyclic) bond motifs is 1. The second-order valence-electron chi connectivity index (χ2n) is 4.60. The van der Waals surface area contributed by atoms with Crippen LogP contribution < -0.4 is 0 Å². The minimum Gasteiger partial charge on any atom is -0.336 e. The van der Waals surface area contributed by atoms with Crippen molar-refractivity contribution in [1.29, 1.82) is 0 Å². The van der Waals surface area contributed by atoms with Crippen LogP contribution in [0.2, 0.25) is 0 Å². The molecule has 0 aromatic heterocycles. The summed E-state index contributed by atoms with van der Waals surface area (Å²) in [6.07, 6.45) is 3.39. The van der Waals surface area contributed by atoms with Gasteiger partial charge in [0.1, 0.15) is 5.82 Å². The van der Waals surface area contributed by atoms with Gasteiger partial charge in [0.15, 0.2) is 0 Å². The predicted molar refractivity (Wildman–Crippen MR) is 73.2 cm³/mol.